The fraction of sp³-hybridized carbons (Fsp3) is 0.0400. The first-order valence-corrected chi connectivity index (χ1v) is 13.3. The molecular weight excluding hydrogens is 373 g/mol. The third kappa shape index (κ3) is 2.81. The molecule has 0 radical (unpaired) electrons. The van der Waals surface area contributed by atoms with Crippen LogP contribution >= 0.6 is 0 Å². The summed E-state index contributed by atoms with van der Waals surface area (Å²) in [5.41, 5.74) is 1.38. The van der Waals surface area contributed by atoms with Crippen LogP contribution in [0.1, 0.15) is 5.56 Å². The Morgan fingerprint density at radius 1 is 0.423 bits per heavy atom. The molecule has 0 saturated heterocycles. The first-order valence-electron chi connectivity index (χ1n) is 9.06. The number of benzene rings is 4. The van der Waals surface area contributed by atoms with Gasteiger partial charge in [-0.1, -0.05) is 0 Å². The molecule has 0 amide bonds. The summed E-state index contributed by atoms with van der Waals surface area (Å²) in [6.07, 6.45) is 0. The third-order valence-electron chi connectivity index (χ3n) is 5.17. The van der Waals surface area contributed by atoms with E-state index in [4.69, 9.17) is 0 Å². The van der Waals surface area contributed by atoms with Crippen molar-refractivity contribution >= 4 is 30.8 Å². The van der Waals surface area contributed by atoms with Crippen LogP contribution in [-0.2, 0) is 0 Å². The van der Waals surface area contributed by atoms with E-state index in [1.807, 2.05) is 0 Å². The topological polar surface area (TPSA) is 0 Å². The first-order chi connectivity index (χ1) is 12.8. The van der Waals surface area contributed by atoms with Crippen LogP contribution in [0.2, 0.25) is 0 Å². The van der Waals surface area contributed by atoms with E-state index in [9.17, 15) is 0 Å². The van der Waals surface area contributed by atoms with Crippen LogP contribution in [0.25, 0.3) is 0 Å². The van der Waals surface area contributed by atoms with Crippen molar-refractivity contribution in [2.75, 3.05) is 0 Å². The van der Waals surface area contributed by atoms with Crippen molar-refractivity contribution in [2.45, 2.75) is 6.92 Å². The Morgan fingerprint density at radius 2 is 0.769 bits per heavy atom. The standard InChI is InChI=1S/C25H22Ge/c1-21-13-11-12-20-25(21)26(22-14-5-2-6-15-22,23-16-7-3-8-17-23)24-18-9-4-10-19-24/h2-20H,1H3. The van der Waals surface area contributed by atoms with Gasteiger partial charge in [0.1, 0.15) is 0 Å². The molecule has 0 aliphatic heterocycles. The molecule has 4 rings (SSSR count). The second-order valence-electron chi connectivity index (χ2n) is 6.66. The fourth-order valence-corrected chi connectivity index (χ4v) is 14.6. The van der Waals surface area contributed by atoms with E-state index in [1.165, 1.54) is 23.1 Å². The van der Waals surface area contributed by atoms with Gasteiger partial charge in [-0.15, -0.1) is 0 Å². The van der Waals surface area contributed by atoms with E-state index >= 15 is 0 Å². The summed E-state index contributed by atoms with van der Waals surface area (Å²) < 4.78 is 5.92. The zero-order chi connectivity index (χ0) is 17.8. The van der Waals surface area contributed by atoms with E-state index in [-0.39, 0.29) is 0 Å². The Kier molecular flexibility index (Phi) is 4.77. The zero-order valence-electron chi connectivity index (χ0n) is 15.0. The molecule has 0 atom stereocenters. The van der Waals surface area contributed by atoms with E-state index in [1.54, 1.807) is 0 Å². The number of hydrogen-bond donors (Lipinski definition) is 0. The SMILES string of the molecule is Cc1cccc[c]1[Ge]([c]1ccccc1)([c]1ccccc1)[c]1ccccc1. The Balaban J connectivity index is 2.17. The predicted molar refractivity (Wildman–Crippen MR) is 115 cm³/mol. The third-order valence-corrected chi connectivity index (χ3v) is 15.6. The molecule has 126 valence electrons. The molecule has 0 nitrogen and oxygen atoms in total. The summed E-state index contributed by atoms with van der Waals surface area (Å²) >= 11 is -3.05. The van der Waals surface area contributed by atoms with Crippen molar-refractivity contribution < 1.29 is 0 Å². The normalized spacial score (nSPS) is 11.3. The summed E-state index contributed by atoms with van der Waals surface area (Å²) in [6.45, 7) is 2.25. The van der Waals surface area contributed by atoms with Gasteiger partial charge < -0.3 is 0 Å². The van der Waals surface area contributed by atoms with Gasteiger partial charge in [0.25, 0.3) is 0 Å². The van der Waals surface area contributed by atoms with Gasteiger partial charge in [-0.2, -0.15) is 0 Å². The second kappa shape index (κ2) is 7.35. The summed E-state index contributed by atoms with van der Waals surface area (Å²) in [7, 11) is 0. The molecule has 0 spiro atoms. The zero-order valence-corrected chi connectivity index (χ0v) is 17.1. The van der Waals surface area contributed by atoms with Gasteiger partial charge >= 0.3 is 159 Å². The molecule has 4 aromatic carbocycles. The van der Waals surface area contributed by atoms with Crippen LogP contribution in [0.3, 0.4) is 0 Å². The minimum atomic E-state index is -3.05. The van der Waals surface area contributed by atoms with Gasteiger partial charge in [0.15, 0.2) is 0 Å². The van der Waals surface area contributed by atoms with Crippen molar-refractivity contribution in [1.29, 1.82) is 0 Å². The van der Waals surface area contributed by atoms with Crippen LogP contribution in [0, 0.1) is 6.92 Å². The van der Waals surface area contributed by atoms with Crippen molar-refractivity contribution in [3.05, 3.63) is 121 Å². The van der Waals surface area contributed by atoms with Gasteiger partial charge in [-0.25, -0.2) is 0 Å². The minimum absolute atomic E-state index is 1.38. The van der Waals surface area contributed by atoms with Crippen LogP contribution in [-0.4, -0.2) is 13.3 Å². The number of rotatable bonds is 4. The van der Waals surface area contributed by atoms with Gasteiger partial charge in [-0.05, 0) is 0 Å². The second-order valence-corrected chi connectivity index (χ2v) is 14.6. The molecule has 0 aliphatic carbocycles. The molecule has 0 fully saturated rings. The maximum absolute atomic E-state index is 3.05. The van der Waals surface area contributed by atoms with Crippen LogP contribution in [0.4, 0.5) is 0 Å². The summed E-state index contributed by atoms with van der Waals surface area (Å²) in [5, 5.41) is 0. The van der Waals surface area contributed by atoms with Gasteiger partial charge in [0.05, 0.1) is 0 Å². The van der Waals surface area contributed by atoms with Crippen LogP contribution in [0.15, 0.2) is 115 Å². The van der Waals surface area contributed by atoms with Crippen molar-refractivity contribution in [2.24, 2.45) is 0 Å². The molecule has 0 heterocycles. The molecule has 0 N–H and O–H groups in total. The summed E-state index contributed by atoms with van der Waals surface area (Å²) in [4.78, 5) is 0. The van der Waals surface area contributed by atoms with Crippen LogP contribution < -0.4 is 17.6 Å². The quantitative estimate of drug-likeness (QED) is 0.465. The Bertz CT molecular complexity index is 879. The van der Waals surface area contributed by atoms with E-state index in [0.29, 0.717) is 0 Å². The molecule has 1 heteroatoms. The fourth-order valence-electron chi connectivity index (χ4n) is 4.02. The van der Waals surface area contributed by atoms with Crippen molar-refractivity contribution in [3.8, 4) is 0 Å². The van der Waals surface area contributed by atoms with E-state index in [0.717, 1.165) is 0 Å². The molecule has 0 bridgehead atoms. The van der Waals surface area contributed by atoms with Gasteiger partial charge in [0.2, 0.25) is 0 Å². The Morgan fingerprint density at radius 3 is 1.15 bits per heavy atom. The molecule has 0 unspecified atom stereocenters. The molecule has 4 aromatic rings. The molecule has 0 aromatic heterocycles. The van der Waals surface area contributed by atoms with Gasteiger partial charge in [-0.3, -0.25) is 0 Å². The maximum atomic E-state index is 2.35. The van der Waals surface area contributed by atoms with Crippen molar-refractivity contribution in [1.82, 2.24) is 0 Å². The van der Waals surface area contributed by atoms with Gasteiger partial charge in [0, 0.05) is 0 Å². The van der Waals surface area contributed by atoms with Crippen molar-refractivity contribution in [3.63, 3.8) is 0 Å². The summed E-state index contributed by atoms with van der Waals surface area (Å²) in [6, 6.07) is 42.3. The predicted octanol–water partition coefficient (Wildman–Crippen LogP) is 3.37. The number of hydrogen-bond acceptors (Lipinski definition) is 0. The molecule has 0 saturated carbocycles. The van der Waals surface area contributed by atoms with E-state index < -0.39 is 13.3 Å². The summed E-state index contributed by atoms with van der Waals surface area (Å²) in [5.74, 6) is 0. The first kappa shape index (κ1) is 16.9. The molecular formula is C25H22Ge. The molecule has 26 heavy (non-hydrogen) atoms. The monoisotopic (exact) mass is 396 g/mol. The average molecular weight is 395 g/mol. The van der Waals surface area contributed by atoms with E-state index in [2.05, 4.69) is 122 Å². The van der Waals surface area contributed by atoms with Crippen LogP contribution in [0.5, 0.6) is 0 Å². The number of aryl methyl sites for hydroxylation is 1. The Hall–Kier alpha value is -2.58. The Labute approximate surface area is 158 Å². The molecule has 0 aliphatic rings. The average Bonchev–Trinajstić information content (AvgIpc) is 2.72.